The molecule has 0 saturated heterocycles. The monoisotopic (exact) mass is 371 g/mol. The molecular formula is C16H21NO9. The van der Waals surface area contributed by atoms with Crippen molar-refractivity contribution in [1.82, 2.24) is 0 Å². The topological polar surface area (TPSA) is 123 Å². The van der Waals surface area contributed by atoms with Gasteiger partial charge in [0.25, 0.3) is 0 Å². The second-order valence-corrected chi connectivity index (χ2v) is 5.05. The van der Waals surface area contributed by atoms with Crippen molar-refractivity contribution in [3.63, 3.8) is 0 Å². The Hall–Kier alpha value is -2.72. The molecule has 0 amide bonds. The number of hydrogen-bond donors (Lipinski definition) is 0. The van der Waals surface area contributed by atoms with Crippen LogP contribution in [0.2, 0.25) is 0 Å². The fraction of sp³-hybridized carbons (Fsp3) is 0.500. The molecule has 1 rings (SSSR count). The van der Waals surface area contributed by atoms with Gasteiger partial charge in [0, 0.05) is 25.2 Å². The smallest absolute Gasteiger partial charge is 0.334 e. The zero-order valence-corrected chi connectivity index (χ0v) is 14.8. The molecule has 26 heavy (non-hydrogen) atoms. The van der Waals surface area contributed by atoms with E-state index in [0.29, 0.717) is 18.8 Å². The van der Waals surface area contributed by atoms with Gasteiger partial charge in [-0.25, -0.2) is 4.84 Å². The lowest BCUT2D eigenvalue weighted by molar-refractivity contribution is -0.727. The number of ether oxygens (including phenoxy) is 4. The number of carbonyl (C=O) groups is 2. The van der Waals surface area contributed by atoms with Gasteiger partial charge < -0.3 is 18.9 Å². The first-order chi connectivity index (χ1) is 12.3. The molecule has 1 aromatic carbocycles. The third-order valence-electron chi connectivity index (χ3n) is 3.15. The van der Waals surface area contributed by atoms with Gasteiger partial charge in [-0.1, -0.05) is 6.07 Å². The second kappa shape index (κ2) is 11.0. The average Bonchev–Trinajstić information content (AvgIpc) is 2.58. The lowest BCUT2D eigenvalue weighted by atomic mass is 10.1. The first kappa shape index (κ1) is 21.3. The van der Waals surface area contributed by atoms with E-state index < -0.39 is 23.1 Å². The SMILES string of the molecule is COCCOC(C)c1ccc(C(=O)O[N+](=O)[O-])cc1OCCOC(C)=O. The van der Waals surface area contributed by atoms with Gasteiger partial charge in [-0.2, -0.15) is 0 Å². The highest BCUT2D eigenvalue weighted by Crippen LogP contribution is 2.29. The summed E-state index contributed by atoms with van der Waals surface area (Å²) in [7, 11) is 1.55. The van der Waals surface area contributed by atoms with Gasteiger partial charge in [-0.05, 0) is 19.1 Å². The Morgan fingerprint density at radius 1 is 1.19 bits per heavy atom. The van der Waals surface area contributed by atoms with Gasteiger partial charge in [0.15, 0.2) is 0 Å². The van der Waals surface area contributed by atoms with E-state index >= 15 is 0 Å². The Labute approximate surface area is 150 Å². The maximum Gasteiger partial charge on any atom is 0.334 e. The van der Waals surface area contributed by atoms with Crippen LogP contribution in [0.3, 0.4) is 0 Å². The molecule has 0 aliphatic carbocycles. The number of rotatable bonds is 11. The second-order valence-electron chi connectivity index (χ2n) is 5.05. The van der Waals surface area contributed by atoms with Crippen molar-refractivity contribution in [1.29, 1.82) is 0 Å². The van der Waals surface area contributed by atoms with Crippen molar-refractivity contribution in [2.75, 3.05) is 33.5 Å². The first-order valence-electron chi connectivity index (χ1n) is 7.72. The Morgan fingerprint density at radius 2 is 1.92 bits per heavy atom. The van der Waals surface area contributed by atoms with E-state index in [9.17, 15) is 19.7 Å². The largest absolute Gasteiger partial charge is 0.490 e. The standard InChI is InChI=1S/C16H21NO9/c1-11(23-7-6-22-3)14-5-4-13(16(19)26-17(20)21)10-15(14)25-9-8-24-12(2)18/h4-5,10-11H,6-9H2,1-3H3. The van der Waals surface area contributed by atoms with Crippen LogP contribution in [0, 0.1) is 10.1 Å². The molecule has 144 valence electrons. The predicted octanol–water partition coefficient (Wildman–Crippen LogP) is 1.70. The zero-order chi connectivity index (χ0) is 19.5. The fourth-order valence-electron chi connectivity index (χ4n) is 1.98. The molecule has 0 aliphatic heterocycles. The van der Waals surface area contributed by atoms with E-state index in [1.54, 1.807) is 20.1 Å². The molecule has 10 heteroatoms. The maximum atomic E-state index is 11.7. The minimum absolute atomic E-state index is 0.0112. The van der Waals surface area contributed by atoms with Crippen LogP contribution in [-0.4, -0.2) is 50.6 Å². The highest BCUT2D eigenvalue weighted by molar-refractivity contribution is 5.89. The predicted molar refractivity (Wildman–Crippen MR) is 87.2 cm³/mol. The summed E-state index contributed by atoms with van der Waals surface area (Å²) in [6.07, 6.45) is -0.394. The van der Waals surface area contributed by atoms with E-state index in [0.717, 1.165) is 0 Å². The number of nitrogens with zero attached hydrogens (tertiary/aromatic N) is 1. The Kier molecular flexibility index (Phi) is 9.02. The highest BCUT2D eigenvalue weighted by atomic mass is 17.0. The summed E-state index contributed by atoms with van der Waals surface area (Å²) < 4.78 is 20.8. The van der Waals surface area contributed by atoms with Gasteiger partial charge in [0.1, 0.15) is 19.0 Å². The van der Waals surface area contributed by atoms with Crippen molar-refractivity contribution in [2.24, 2.45) is 0 Å². The third-order valence-corrected chi connectivity index (χ3v) is 3.15. The average molecular weight is 371 g/mol. The van der Waals surface area contributed by atoms with E-state index in [4.69, 9.17) is 18.9 Å². The quantitative estimate of drug-likeness (QED) is 0.247. The highest BCUT2D eigenvalue weighted by Gasteiger charge is 2.18. The molecule has 0 aromatic heterocycles. The first-order valence-corrected chi connectivity index (χ1v) is 7.72. The Balaban J connectivity index is 2.93. The van der Waals surface area contributed by atoms with Crippen LogP contribution in [0.25, 0.3) is 0 Å². The lowest BCUT2D eigenvalue weighted by Crippen LogP contribution is -2.14. The van der Waals surface area contributed by atoms with Crippen LogP contribution in [0.1, 0.15) is 35.9 Å². The minimum Gasteiger partial charge on any atom is -0.490 e. The van der Waals surface area contributed by atoms with E-state index in [1.807, 2.05) is 0 Å². The molecule has 0 radical (unpaired) electrons. The molecule has 1 unspecified atom stereocenters. The van der Waals surface area contributed by atoms with Gasteiger partial charge in [-0.15, -0.1) is 10.1 Å². The summed E-state index contributed by atoms with van der Waals surface area (Å²) in [4.78, 5) is 36.7. The van der Waals surface area contributed by atoms with E-state index in [2.05, 4.69) is 4.84 Å². The van der Waals surface area contributed by atoms with Gasteiger partial charge in [-0.3, -0.25) is 9.59 Å². The molecule has 1 atom stereocenters. The third kappa shape index (κ3) is 7.45. The van der Waals surface area contributed by atoms with Crippen molar-refractivity contribution in [3.05, 3.63) is 39.4 Å². The van der Waals surface area contributed by atoms with Gasteiger partial charge in [0.2, 0.25) is 0 Å². The summed E-state index contributed by atoms with van der Waals surface area (Å²) in [6.45, 7) is 3.84. The molecular weight excluding hydrogens is 350 g/mol. The molecule has 0 N–H and O–H groups in total. The van der Waals surface area contributed by atoms with Crippen molar-refractivity contribution >= 4 is 11.9 Å². The summed E-state index contributed by atoms with van der Waals surface area (Å²) in [6, 6.07) is 4.23. The van der Waals surface area contributed by atoms with Crippen LogP contribution in [0.5, 0.6) is 5.75 Å². The van der Waals surface area contributed by atoms with Crippen LogP contribution in [-0.2, 0) is 23.8 Å². The lowest BCUT2D eigenvalue weighted by Gasteiger charge is -2.18. The summed E-state index contributed by atoms with van der Waals surface area (Å²) in [5.41, 5.74) is 0.554. The van der Waals surface area contributed by atoms with Crippen LogP contribution >= 0.6 is 0 Å². The zero-order valence-electron chi connectivity index (χ0n) is 14.8. The van der Waals surface area contributed by atoms with Crippen LogP contribution < -0.4 is 4.74 Å². The van der Waals surface area contributed by atoms with Crippen molar-refractivity contribution < 1.29 is 38.5 Å². The molecule has 1 aromatic rings. The Bertz CT molecular complexity index is 632. The van der Waals surface area contributed by atoms with Gasteiger partial charge >= 0.3 is 17.0 Å². The summed E-state index contributed by atoms with van der Waals surface area (Å²) >= 11 is 0. The molecule has 10 nitrogen and oxygen atoms in total. The molecule has 0 aliphatic rings. The number of methoxy groups -OCH3 is 1. The minimum atomic E-state index is -1.19. The molecule has 0 heterocycles. The van der Waals surface area contributed by atoms with E-state index in [1.165, 1.54) is 19.1 Å². The van der Waals surface area contributed by atoms with Gasteiger partial charge in [0.05, 0.1) is 19.3 Å². The van der Waals surface area contributed by atoms with Crippen LogP contribution in [0.15, 0.2) is 18.2 Å². The normalized spacial score (nSPS) is 11.5. The Morgan fingerprint density at radius 3 is 2.54 bits per heavy atom. The number of carbonyl (C=O) groups excluding carboxylic acids is 2. The van der Waals surface area contributed by atoms with Crippen molar-refractivity contribution in [2.45, 2.75) is 20.0 Å². The number of esters is 1. The fourth-order valence-corrected chi connectivity index (χ4v) is 1.98. The maximum absolute atomic E-state index is 11.7. The molecule has 0 fully saturated rings. The molecule has 0 saturated carbocycles. The number of hydrogen-bond acceptors (Lipinski definition) is 9. The molecule has 0 bridgehead atoms. The van der Waals surface area contributed by atoms with E-state index in [-0.39, 0.29) is 24.5 Å². The summed E-state index contributed by atoms with van der Waals surface area (Å²) in [5, 5.41) is 9.13. The van der Waals surface area contributed by atoms with Crippen molar-refractivity contribution in [3.8, 4) is 5.75 Å². The molecule has 0 spiro atoms. The summed E-state index contributed by atoms with van der Waals surface area (Å²) in [5.74, 6) is -1.31. The number of benzene rings is 1. The van der Waals surface area contributed by atoms with Crippen LogP contribution in [0.4, 0.5) is 0 Å².